The lowest BCUT2D eigenvalue weighted by atomic mass is 10.2. The van der Waals surface area contributed by atoms with Crippen molar-refractivity contribution in [1.82, 2.24) is 19.7 Å². The van der Waals surface area contributed by atoms with Crippen LogP contribution in [0.4, 0.5) is 0 Å². The van der Waals surface area contributed by atoms with Crippen molar-refractivity contribution >= 4 is 22.7 Å². The first kappa shape index (κ1) is 14.0. The summed E-state index contributed by atoms with van der Waals surface area (Å²) in [6, 6.07) is 10.1. The van der Waals surface area contributed by atoms with Crippen LogP contribution in [0.25, 0.3) is 16.6 Å². The van der Waals surface area contributed by atoms with Gasteiger partial charge in [0.15, 0.2) is 5.16 Å². The highest BCUT2D eigenvalue weighted by atomic mass is 32.2. The molecule has 3 aromatic rings. The molecule has 1 N–H and O–H groups in total. The van der Waals surface area contributed by atoms with Crippen molar-refractivity contribution in [3.05, 3.63) is 42.4 Å². The summed E-state index contributed by atoms with van der Waals surface area (Å²) in [6.07, 6.45) is 5.16. The lowest BCUT2D eigenvalue weighted by molar-refractivity contribution is 0.287. The number of aliphatic hydroxyl groups excluding tert-OH is 1. The van der Waals surface area contributed by atoms with Crippen LogP contribution < -0.4 is 0 Å². The third kappa shape index (κ3) is 2.77. The quantitative estimate of drug-likeness (QED) is 0.733. The van der Waals surface area contributed by atoms with E-state index in [9.17, 15) is 0 Å². The van der Waals surface area contributed by atoms with Gasteiger partial charge in [0, 0.05) is 24.6 Å². The van der Waals surface area contributed by atoms with E-state index in [0.717, 1.165) is 27.6 Å². The van der Waals surface area contributed by atoms with Crippen LogP contribution in [0, 0.1) is 0 Å². The van der Waals surface area contributed by atoms with Gasteiger partial charge in [-0.25, -0.2) is 0 Å². The van der Waals surface area contributed by atoms with E-state index in [2.05, 4.69) is 21.2 Å². The predicted octanol–water partition coefficient (Wildman–Crippen LogP) is 2.46. The van der Waals surface area contributed by atoms with Gasteiger partial charge in [0.25, 0.3) is 0 Å². The van der Waals surface area contributed by atoms with Crippen molar-refractivity contribution in [2.45, 2.75) is 18.0 Å². The Bertz CT molecular complexity index is 756. The molecule has 6 heteroatoms. The number of fused-ring (bicyclic) bond motifs is 1. The lowest BCUT2D eigenvalue weighted by Gasteiger charge is -2.10. The molecular formula is C15H16N4OS. The molecule has 0 bridgehead atoms. The van der Waals surface area contributed by atoms with E-state index in [-0.39, 0.29) is 6.61 Å². The Hall–Kier alpha value is -1.92. The summed E-state index contributed by atoms with van der Waals surface area (Å²) in [5.74, 6) is 0.872. The monoisotopic (exact) mass is 300 g/mol. The minimum absolute atomic E-state index is 0.156. The van der Waals surface area contributed by atoms with Crippen LogP contribution >= 0.6 is 11.8 Å². The van der Waals surface area contributed by atoms with Crippen LogP contribution in [-0.4, -0.2) is 37.7 Å². The fraction of sp³-hybridized carbons (Fsp3) is 0.267. The number of hydrogen-bond acceptors (Lipinski definition) is 5. The van der Waals surface area contributed by atoms with Crippen molar-refractivity contribution in [3.8, 4) is 5.69 Å². The zero-order chi connectivity index (χ0) is 14.7. The van der Waals surface area contributed by atoms with E-state index >= 15 is 0 Å². The fourth-order valence-corrected chi connectivity index (χ4v) is 2.81. The van der Waals surface area contributed by atoms with Crippen molar-refractivity contribution in [2.24, 2.45) is 0 Å². The Morgan fingerprint density at radius 1 is 1.24 bits per heavy atom. The summed E-state index contributed by atoms with van der Waals surface area (Å²) in [5.41, 5.74) is 2.00. The molecule has 2 aromatic heterocycles. The molecule has 0 saturated heterocycles. The van der Waals surface area contributed by atoms with Gasteiger partial charge in [0.2, 0.25) is 0 Å². The highest BCUT2D eigenvalue weighted by molar-refractivity contribution is 7.98. The Labute approximate surface area is 127 Å². The van der Waals surface area contributed by atoms with Gasteiger partial charge in [-0.3, -0.25) is 9.55 Å². The maximum Gasteiger partial charge on any atom is 0.195 e. The maximum absolute atomic E-state index is 9.02. The van der Waals surface area contributed by atoms with E-state index in [1.807, 2.05) is 35.1 Å². The number of benzene rings is 1. The first-order valence-corrected chi connectivity index (χ1v) is 8.00. The molecular weight excluding hydrogens is 284 g/mol. The number of thioether (sulfide) groups is 1. The third-order valence-corrected chi connectivity index (χ3v) is 3.92. The molecule has 0 aliphatic carbocycles. The lowest BCUT2D eigenvalue weighted by Crippen LogP contribution is -2.04. The molecule has 21 heavy (non-hydrogen) atoms. The van der Waals surface area contributed by atoms with Crippen LogP contribution in [0.1, 0.15) is 12.2 Å². The summed E-state index contributed by atoms with van der Waals surface area (Å²) < 4.78 is 2.05. The molecule has 1 aromatic carbocycles. The van der Waals surface area contributed by atoms with Gasteiger partial charge in [0.05, 0.1) is 11.2 Å². The van der Waals surface area contributed by atoms with Crippen molar-refractivity contribution in [1.29, 1.82) is 0 Å². The molecule has 0 saturated carbocycles. The smallest absolute Gasteiger partial charge is 0.195 e. The molecule has 0 aliphatic heterocycles. The normalized spacial score (nSPS) is 11.1. The second-order valence-corrected chi connectivity index (χ2v) is 5.42. The Balaban J connectivity index is 2.09. The summed E-state index contributed by atoms with van der Waals surface area (Å²) in [4.78, 5) is 4.34. The molecule has 3 rings (SSSR count). The highest BCUT2D eigenvalue weighted by Crippen LogP contribution is 2.23. The Morgan fingerprint density at radius 3 is 2.95 bits per heavy atom. The van der Waals surface area contributed by atoms with E-state index < -0.39 is 0 Å². The van der Waals surface area contributed by atoms with Gasteiger partial charge >= 0.3 is 0 Å². The molecule has 108 valence electrons. The molecule has 0 amide bonds. The number of aryl methyl sites for hydroxylation is 1. The summed E-state index contributed by atoms with van der Waals surface area (Å²) in [6.45, 7) is 0.156. The zero-order valence-electron chi connectivity index (χ0n) is 11.7. The molecule has 0 unspecified atom stereocenters. The standard InChI is InChI=1S/C15H16N4OS/c1-21-15-18-17-14(5-3-9-20)19(15)12-6-7-13-11(10-12)4-2-8-16-13/h2,4,6-8,10,20H,3,5,9H2,1H3. The maximum atomic E-state index is 9.02. The largest absolute Gasteiger partial charge is 0.396 e. The van der Waals surface area contributed by atoms with Crippen LogP contribution in [0.3, 0.4) is 0 Å². The fourth-order valence-electron chi connectivity index (χ4n) is 2.29. The number of hydrogen-bond donors (Lipinski definition) is 1. The molecule has 2 heterocycles. The van der Waals surface area contributed by atoms with Gasteiger partial charge in [-0.15, -0.1) is 10.2 Å². The molecule has 0 radical (unpaired) electrons. The molecule has 0 aliphatic rings. The van der Waals surface area contributed by atoms with Crippen LogP contribution in [0.5, 0.6) is 0 Å². The van der Waals surface area contributed by atoms with Gasteiger partial charge in [-0.05, 0) is 36.9 Å². The van der Waals surface area contributed by atoms with Crippen LogP contribution in [-0.2, 0) is 6.42 Å². The number of aliphatic hydroxyl groups is 1. The first-order chi connectivity index (χ1) is 10.3. The van der Waals surface area contributed by atoms with E-state index in [1.165, 1.54) is 0 Å². The van der Waals surface area contributed by atoms with Crippen molar-refractivity contribution in [2.75, 3.05) is 12.9 Å². The van der Waals surface area contributed by atoms with Crippen LogP contribution in [0.15, 0.2) is 41.7 Å². The average Bonchev–Trinajstić information content (AvgIpc) is 2.95. The number of aromatic nitrogens is 4. The molecule has 0 atom stereocenters. The SMILES string of the molecule is CSc1nnc(CCCO)n1-c1ccc2ncccc2c1. The number of rotatable bonds is 5. The number of nitrogens with zero attached hydrogens (tertiary/aromatic N) is 4. The minimum atomic E-state index is 0.156. The topological polar surface area (TPSA) is 63.8 Å². The second kappa shape index (κ2) is 6.24. The minimum Gasteiger partial charge on any atom is -0.396 e. The predicted molar refractivity (Wildman–Crippen MR) is 83.8 cm³/mol. The van der Waals surface area contributed by atoms with Gasteiger partial charge < -0.3 is 5.11 Å². The molecule has 5 nitrogen and oxygen atoms in total. The van der Waals surface area contributed by atoms with Crippen molar-refractivity contribution < 1.29 is 5.11 Å². The number of pyridine rings is 1. The van der Waals surface area contributed by atoms with E-state index in [0.29, 0.717) is 12.8 Å². The van der Waals surface area contributed by atoms with E-state index in [1.54, 1.807) is 18.0 Å². The van der Waals surface area contributed by atoms with Crippen LogP contribution in [0.2, 0.25) is 0 Å². The summed E-state index contributed by atoms with van der Waals surface area (Å²) in [7, 11) is 0. The summed E-state index contributed by atoms with van der Waals surface area (Å²) in [5, 5.41) is 19.4. The van der Waals surface area contributed by atoms with E-state index in [4.69, 9.17) is 5.11 Å². The molecule has 0 spiro atoms. The van der Waals surface area contributed by atoms with Crippen molar-refractivity contribution in [3.63, 3.8) is 0 Å². The molecule has 0 fully saturated rings. The highest BCUT2D eigenvalue weighted by Gasteiger charge is 2.13. The van der Waals surface area contributed by atoms with Gasteiger partial charge in [-0.2, -0.15) is 0 Å². The third-order valence-electron chi connectivity index (χ3n) is 3.29. The first-order valence-electron chi connectivity index (χ1n) is 6.78. The van der Waals surface area contributed by atoms with Gasteiger partial charge in [0.1, 0.15) is 5.82 Å². The average molecular weight is 300 g/mol. The zero-order valence-corrected chi connectivity index (χ0v) is 12.5. The second-order valence-electron chi connectivity index (χ2n) is 4.65. The van der Waals surface area contributed by atoms with Gasteiger partial charge in [-0.1, -0.05) is 17.8 Å². The Kier molecular flexibility index (Phi) is 4.17. The Morgan fingerprint density at radius 2 is 2.14 bits per heavy atom. The summed E-state index contributed by atoms with van der Waals surface area (Å²) >= 11 is 1.56.